The molecule has 1 aromatic heterocycles. The molecule has 212 valence electrons. The van der Waals surface area contributed by atoms with Crippen LogP contribution in [0.1, 0.15) is 22.3 Å². The van der Waals surface area contributed by atoms with Crippen molar-refractivity contribution in [2.75, 3.05) is 0 Å². The summed E-state index contributed by atoms with van der Waals surface area (Å²) in [5.41, 5.74) is 6.23. The predicted molar refractivity (Wildman–Crippen MR) is 175 cm³/mol. The van der Waals surface area contributed by atoms with Gasteiger partial charge in [0.05, 0.1) is 11.0 Å². The Balaban J connectivity index is 1.33. The summed E-state index contributed by atoms with van der Waals surface area (Å²) in [5, 5.41) is 0. The van der Waals surface area contributed by atoms with Gasteiger partial charge in [-0.1, -0.05) is 127 Å². The zero-order valence-corrected chi connectivity index (χ0v) is 24.1. The van der Waals surface area contributed by atoms with E-state index in [0.29, 0.717) is 29.0 Å². The molecular formula is C40H25N3O2. The van der Waals surface area contributed by atoms with Gasteiger partial charge in [-0.25, -0.2) is 15.0 Å². The summed E-state index contributed by atoms with van der Waals surface area (Å²) >= 11 is 0. The number of fused-ring (bicyclic) bond motifs is 4. The van der Waals surface area contributed by atoms with Gasteiger partial charge in [0.25, 0.3) is 0 Å². The second-order valence-electron chi connectivity index (χ2n) is 11.2. The molecule has 0 fully saturated rings. The second-order valence-corrected chi connectivity index (χ2v) is 11.2. The molecule has 0 N–H and O–H groups in total. The summed E-state index contributed by atoms with van der Waals surface area (Å²) in [7, 11) is 0. The van der Waals surface area contributed by atoms with Crippen molar-refractivity contribution < 1.29 is 9.47 Å². The molecule has 3 heterocycles. The Bertz CT molecular complexity index is 2090. The van der Waals surface area contributed by atoms with Crippen molar-refractivity contribution >= 4 is 0 Å². The van der Waals surface area contributed by atoms with Crippen LogP contribution < -0.4 is 9.47 Å². The first-order chi connectivity index (χ1) is 22.3. The molecule has 0 aliphatic carbocycles. The van der Waals surface area contributed by atoms with Crippen molar-refractivity contribution in [1.82, 2.24) is 15.0 Å². The van der Waals surface area contributed by atoms with E-state index in [4.69, 9.17) is 24.4 Å². The summed E-state index contributed by atoms with van der Waals surface area (Å²) in [6, 6.07) is 51.3. The number of nitrogens with zero attached hydrogens (tertiary/aromatic N) is 3. The van der Waals surface area contributed by atoms with E-state index < -0.39 is 5.41 Å². The summed E-state index contributed by atoms with van der Waals surface area (Å²) in [6.07, 6.45) is 0. The molecule has 7 aromatic rings. The van der Waals surface area contributed by atoms with Crippen LogP contribution in [0.25, 0.3) is 34.2 Å². The smallest absolute Gasteiger partial charge is 0.164 e. The zero-order chi connectivity index (χ0) is 29.8. The van der Waals surface area contributed by atoms with Crippen LogP contribution in [-0.4, -0.2) is 15.0 Å². The summed E-state index contributed by atoms with van der Waals surface area (Å²) in [4.78, 5) is 14.9. The lowest BCUT2D eigenvalue weighted by Gasteiger charge is -2.45. The Kier molecular flexibility index (Phi) is 5.65. The highest BCUT2D eigenvalue weighted by Gasteiger charge is 2.51. The zero-order valence-electron chi connectivity index (χ0n) is 24.1. The predicted octanol–water partition coefficient (Wildman–Crippen LogP) is 9.47. The molecule has 9 rings (SSSR count). The third-order valence-electron chi connectivity index (χ3n) is 8.63. The number of aromatic nitrogens is 3. The van der Waals surface area contributed by atoms with Gasteiger partial charge < -0.3 is 9.47 Å². The molecule has 0 bridgehead atoms. The quantitative estimate of drug-likeness (QED) is 0.208. The number of rotatable bonds is 4. The SMILES string of the molecule is c1ccc(-c2nc(-c3ccccc3)nc(-c3cc4c5c(c3)Oc3ccccc3C5(c3ccccc3)c3ccccc3O4)n2)cc1. The van der Waals surface area contributed by atoms with Crippen LogP contribution in [0.4, 0.5) is 0 Å². The van der Waals surface area contributed by atoms with Crippen molar-refractivity contribution in [3.8, 4) is 57.2 Å². The van der Waals surface area contributed by atoms with Crippen LogP contribution in [0, 0.1) is 0 Å². The molecule has 2 aliphatic rings. The number of para-hydroxylation sites is 2. The van der Waals surface area contributed by atoms with Crippen LogP contribution in [0.15, 0.2) is 152 Å². The fraction of sp³-hybridized carbons (Fsp3) is 0.0250. The van der Waals surface area contributed by atoms with E-state index in [1.54, 1.807) is 0 Å². The summed E-state index contributed by atoms with van der Waals surface area (Å²) in [5.74, 6) is 4.77. The Morgan fingerprint density at radius 3 is 1.27 bits per heavy atom. The molecule has 0 radical (unpaired) electrons. The molecule has 0 spiro atoms. The van der Waals surface area contributed by atoms with Crippen LogP contribution in [-0.2, 0) is 5.41 Å². The van der Waals surface area contributed by atoms with Gasteiger partial charge in [0.15, 0.2) is 17.5 Å². The Hall–Kier alpha value is -6.07. The molecule has 0 atom stereocenters. The van der Waals surface area contributed by atoms with Gasteiger partial charge in [0, 0.05) is 27.8 Å². The minimum absolute atomic E-state index is 0.539. The highest BCUT2D eigenvalue weighted by Crippen LogP contribution is 2.63. The van der Waals surface area contributed by atoms with Gasteiger partial charge >= 0.3 is 0 Å². The van der Waals surface area contributed by atoms with Crippen molar-refractivity contribution in [1.29, 1.82) is 0 Å². The summed E-state index contributed by atoms with van der Waals surface area (Å²) < 4.78 is 13.5. The van der Waals surface area contributed by atoms with Gasteiger partial charge in [-0.3, -0.25) is 0 Å². The molecule has 5 heteroatoms. The lowest BCUT2D eigenvalue weighted by atomic mass is 9.62. The van der Waals surface area contributed by atoms with Crippen LogP contribution in [0.3, 0.4) is 0 Å². The van der Waals surface area contributed by atoms with Crippen LogP contribution in [0.5, 0.6) is 23.0 Å². The highest BCUT2D eigenvalue weighted by atomic mass is 16.5. The summed E-state index contributed by atoms with van der Waals surface area (Å²) in [6.45, 7) is 0. The standard InChI is InChI=1S/C40H25N3O2/c1-4-14-26(15-5-1)37-41-38(27-16-6-2-7-17-27)43-39(42-37)28-24-34-36-35(25-28)45-33-23-13-11-21-31(33)40(36,29-18-8-3-9-19-29)30-20-10-12-22-32(30)44-34/h1-25H. The van der Waals surface area contributed by atoms with Crippen molar-refractivity contribution in [3.05, 3.63) is 174 Å². The van der Waals surface area contributed by atoms with Crippen LogP contribution in [0.2, 0.25) is 0 Å². The van der Waals surface area contributed by atoms with Gasteiger partial charge in [-0.15, -0.1) is 0 Å². The van der Waals surface area contributed by atoms with E-state index in [0.717, 1.165) is 50.4 Å². The molecule has 0 saturated carbocycles. The Morgan fingerprint density at radius 1 is 0.378 bits per heavy atom. The van der Waals surface area contributed by atoms with Gasteiger partial charge in [-0.05, 0) is 29.8 Å². The third-order valence-corrected chi connectivity index (χ3v) is 8.63. The van der Waals surface area contributed by atoms with E-state index in [1.165, 1.54) is 0 Å². The average Bonchev–Trinajstić information content (AvgIpc) is 3.12. The maximum absolute atomic E-state index is 6.73. The molecule has 5 nitrogen and oxygen atoms in total. The number of ether oxygens (including phenoxy) is 2. The van der Waals surface area contributed by atoms with Gasteiger partial charge in [0.1, 0.15) is 23.0 Å². The topological polar surface area (TPSA) is 57.1 Å². The molecule has 0 unspecified atom stereocenters. The first-order valence-electron chi connectivity index (χ1n) is 14.9. The minimum atomic E-state index is -0.641. The minimum Gasteiger partial charge on any atom is -0.457 e. The number of hydrogen-bond donors (Lipinski definition) is 0. The first kappa shape index (κ1) is 25.4. The number of benzene rings is 6. The third kappa shape index (κ3) is 3.91. The van der Waals surface area contributed by atoms with Gasteiger partial charge in [-0.2, -0.15) is 0 Å². The fourth-order valence-electron chi connectivity index (χ4n) is 6.71. The van der Waals surface area contributed by atoms with Crippen molar-refractivity contribution in [2.24, 2.45) is 0 Å². The van der Waals surface area contributed by atoms with E-state index in [2.05, 4.69) is 54.6 Å². The maximum atomic E-state index is 6.73. The molecule has 0 amide bonds. The van der Waals surface area contributed by atoms with Crippen LogP contribution >= 0.6 is 0 Å². The fourth-order valence-corrected chi connectivity index (χ4v) is 6.71. The Morgan fingerprint density at radius 2 is 0.778 bits per heavy atom. The van der Waals surface area contributed by atoms with E-state index in [1.807, 2.05) is 97.1 Å². The lowest BCUT2D eigenvalue weighted by Crippen LogP contribution is -2.37. The normalized spacial score (nSPS) is 13.4. The largest absolute Gasteiger partial charge is 0.457 e. The average molecular weight is 580 g/mol. The second kappa shape index (κ2) is 10.00. The highest BCUT2D eigenvalue weighted by molar-refractivity contribution is 5.80. The Labute approximate surface area is 260 Å². The van der Waals surface area contributed by atoms with E-state index in [9.17, 15) is 0 Å². The van der Waals surface area contributed by atoms with Crippen molar-refractivity contribution in [3.63, 3.8) is 0 Å². The lowest BCUT2D eigenvalue weighted by molar-refractivity contribution is 0.385. The van der Waals surface area contributed by atoms with Gasteiger partial charge in [0.2, 0.25) is 0 Å². The monoisotopic (exact) mass is 579 g/mol. The maximum Gasteiger partial charge on any atom is 0.164 e. The molecule has 2 aliphatic heterocycles. The van der Waals surface area contributed by atoms with E-state index >= 15 is 0 Å². The molecular weight excluding hydrogens is 554 g/mol. The van der Waals surface area contributed by atoms with Crippen molar-refractivity contribution in [2.45, 2.75) is 5.41 Å². The molecule has 6 aromatic carbocycles. The first-order valence-corrected chi connectivity index (χ1v) is 14.9. The molecule has 45 heavy (non-hydrogen) atoms. The molecule has 0 saturated heterocycles. The number of hydrogen-bond acceptors (Lipinski definition) is 5. The van der Waals surface area contributed by atoms with E-state index in [-0.39, 0.29) is 0 Å².